The molecular weight excluding hydrogens is 272 g/mol. The van der Waals surface area contributed by atoms with Gasteiger partial charge in [-0.15, -0.1) is 0 Å². The van der Waals surface area contributed by atoms with Gasteiger partial charge in [-0.05, 0) is 50.1 Å². The van der Waals surface area contributed by atoms with Gasteiger partial charge < -0.3 is 5.73 Å². The monoisotopic (exact) mass is 290 g/mol. The van der Waals surface area contributed by atoms with Gasteiger partial charge in [0.2, 0.25) is 0 Å². The van der Waals surface area contributed by atoms with E-state index in [9.17, 15) is 8.42 Å². The molecule has 0 bridgehead atoms. The van der Waals surface area contributed by atoms with Crippen molar-refractivity contribution in [2.75, 3.05) is 10.5 Å². The molecule has 0 aliphatic heterocycles. The number of hydrogen-bond acceptors (Lipinski definition) is 3. The molecule has 0 radical (unpaired) electrons. The van der Waals surface area contributed by atoms with E-state index in [0.717, 1.165) is 16.7 Å². The second kappa shape index (κ2) is 5.17. The molecule has 0 aliphatic rings. The van der Waals surface area contributed by atoms with Crippen LogP contribution in [0.15, 0.2) is 41.3 Å². The van der Waals surface area contributed by atoms with Crippen LogP contribution in [0.4, 0.5) is 11.4 Å². The number of rotatable bonds is 3. The average molecular weight is 290 g/mol. The molecule has 2 aromatic carbocycles. The summed E-state index contributed by atoms with van der Waals surface area (Å²) in [7, 11) is -3.62. The summed E-state index contributed by atoms with van der Waals surface area (Å²) in [6.07, 6.45) is 0. The molecule has 0 fully saturated rings. The fraction of sp³-hybridized carbons (Fsp3) is 0.200. The summed E-state index contributed by atoms with van der Waals surface area (Å²) in [5.74, 6) is 0. The Kier molecular flexibility index (Phi) is 3.72. The molecule has 3 N–H and O–H groups in total. The molecule has 4 nitrogen and oxygen atoms in total. The summed E-state index contributed by atoms with van der Waals surface area (Å²) in [4.78, 5) is 0.164. The van der Waals surface area contributed by atoms with Crippen LogP contribution in [-0.4, -0.2) is 8.42 Å². The van der Waals surface area contributed by atoms with Gasteiger partial charge in [0.05, 0.1) is 10.6 Å². The Morgan fingerprint density at radius 3 is 2.15 bits per heavy atom. The highest BCUT2D eigenvalue weighted by Crippen LogP contribution is 2.25. The van der Waals surface area contributed by atoms with Crippen LogP contribution in [0.5, 0.6) is 0 Å². The van der Waals surface area contributed by atoms with E-state index in [1.54, 1.807) is 12.1 Å². The Hall–Kier alpha value is -2.01. The molecule has 106 valence electrons. The summed E-state index contributed by atoms with van der Waals surface area (Å²) < 4.78 is 27.4. The highest BCUT2D eigenvalue weighted by atomic mass is 32.2. The smallest absolute Gasteiger partial charge is 0.261 e. The van der Waals surface area contributed by atoms with Crippen molar-refractivity contribution in [3.05, 3.63) is 53.1 Å². The van der Waals surface area contributed by atoms with Crippen molar-refractivity contribution in [1.29, 1.82) is 0 Å². The maximum atomic E-state index is 12.4. The molecule has 0 spiro atoms. The van der Waals surface area contributed by atoms with Crippen molar-refractivity contribution < 1.29 is 8.42 Å². The Labute approximate surface area is 119 Å². The van der Waals surface area contributed by atoms with E-state index in [1.165, 1.54) is 12.1 Å². The molecule has 2 aromatic rings. The first kappa shape index (κ1) is 14.4. The predicted molar refractivity (Wildman–Crippen MR) is 82.3 cm³/mol. The normalized spacial score (nSPS) is 11.3. The van der Waals surface area contributed by atoms with Crippen molar-refractivity contribution in [3.63, 3.8) is 0 Å². The molecule has 0 heterocycles. The maximum Gasteiger partial charge on any atom is 0.261 e. The third-order valence-corrected chi connectivity index (χ3v) is 4.43. The lowest BCUT2D eigenvalue weighted by atomic mass is 10.1. The van der Waals surface area contributed by atoms with Crippen molar-refractivity contribution in [2.45, 2.75) is 25.7 Å². The third-order valence-electron chi connectivity index (χ3n) is 3.08. The summed E-state index contributed by atoms with van der Waals surface area (Å²) >= 11 is 0. The molecule has 0 amide bonds. The number of aryl methyl sites for hydroxylation is 3. The molecule has 0 aromatic heterocycles. The number of sulfonamides is 1. The zero-order valence-corrected chi connectivity index (χ0v) is 12.6. The summed E-state index contributed by atoms with van der Waals surface area (Å²) in [6, 6.07) is 10.1. The van der Waals surface area contributed by atoms with Crippen LogP contribution in [0.3, 0.4) is 0 Å². The lowest BCUT2D eigenvalue weighted by molar-refractivity contribution is 0.601. The van der Waals surface area contributed by atoms with Gasteiger partial charge in [-0.3, -0.25) is 4.72 Å². The molecular formula is C15H18N2O2S. The first-order valence-corrected chi connectivity index (χ1v) is 7.74. The first-order valence-electron chi connectivity index (χ1n) is 6.26. The van der Waals surface area contributed by atoms with E-state index in [2.05, 4.69) is 4.72 Å². The van der Waals surface area contributed by atoms with Gasteiger partial charge >= 0.3 is 0 Å². The fourth-order valence-corrected chi connectivity index (χ4v) is 3.47. The zero-order chi connectivity index (χ0) is 14.9. The molecule has 0 aliphatic carbocycles. The first-order chi connectivity index (χ1) is 9.29. The van der Waals surface area contributed by atoms with Crippen LogP contribution in [0.1, 0.15) is 16.7 Å². The number of hydrogen-bond donors (Lipinski definition) is 2. The van der Waals surface area contributed by atoms with Crippen LogP contribution >= 0.6 is 0 Å². The van der Waals surface area contributed by atoms with Crippen LogP contribution in [0.2, 0.25) is 0 Å². The zero-order valence-electron chi connectivity index (χ0n) is 11.8. The Balaban J connectivity index is 2.44. The predicted octanol–water partition coefficient (Wildman–Crippen LogP) is 2.99. The van der Waals surface area contributed by atoms with Gasteiger partial charge in [-0.1, -0.05) is 23.8 Å². The van der Waals surface area contributed by atoms with Crippen LogP contribution < -0.4 is 10.5 Å². The van der Waals surface area contributed by atoms with Crippen molar-refractivity contribution in [3.8, 4) is 0 Å². The number of anilines is 2. The second-order valence-corrected chi connectivity index (χ2v) is 6.63. The van der Waals surface area contributed by atoms with E-state index < -0.39 is 10.0 Å². The van der Waals surface area contributed by atoms with E-state index in [4.69, 9.17) is 5.73 Å². The molecule has 0 unspecified atom stereocenters. The van der Waals surface area contributed by atoms with Gasteiger partial charge in [0.15, 0.2) is 0 Å². The minimum Gasteiger partial charge on any atom is -0.399 e. The minimum absolute atomic E-state index is 0.164. The number of nitrogens with one attached hydrogen (secondary N) is 1. The largest absolute Gasteiger partial charge is 0.399 e. The molecule has 0 saturated heterocycles. The van der Waals surface area contributed by atoms with Crippen molar-refractivity contribution in [1.82, 2.24) is 0 Å². The number of nitrogen functional groups attached to an aromatic ring is 1. The van der Waals surface area contributed by atoms with Crippen LogP contribution in [0.25, 0.3) is 0 Å². The topological polar surface area (TPSA) is 72.2 Å². The summed E-state index contributed by atoms with van der Waals surface area (Å²) in [5.41, 5.74) is 9.58. The lowest BCUT2D eigenvalue weighted by Gasteiger charge is -2.14. The van der Waals surface area contributed by atoms with Gasteiger partial charge in [0.25, 0.3) is 10.0 Å². The molecule has 0 atom stereocenters. The molecule has 2 rings (SSSR count). The third kappa shape index (κ3) is 2.93. The van der Waals surface area contributed by atoms with Crippen molar-refractivity contribution >= 4 is 21.4 Å². The molecule has 5 heteroatoms. The van der Waals surface area contributed by atoms with Gasteiger partial charge in [0.1, 0.15) is 0 Å². The van der Waals surface area contributed by atoms with Gasteiger partial charge in [-0.25, -0.2) is 8.42 Å². The van der Waals surface area contributed by atoms with E-state index in [1.807, 2.05) is 32.9 Å². The Morgan fingerprint density at radius 1 is 1.00 bits per heavy atom. The standard InChI is InChI=1S/C15H18N2O2S/c1-10-7-11(2)15(12(3)8-10)17-20(18,19)14-6-4-5-13(16)9-14/h4-9,17H,16H2,1-3H3. The van der Waals surface area contributed by atoms with Gasteiger partial charge in [0, 0.05) is 5.69 Å². The van der Waals surface area contributed by atoms with Crippen LogP contribution in [-0.2, 0) is 10.0 Å². The highest BCUT2D eigenvalue weighted by molar-refractivity contribution is 7.92. The van der Waals surface area contributed by atoms with Crippen molar-refractivity contribution in [2.24, 2.45) is 0 Å². The summed E-state index contributed by atoms with van der Waals surface area (Å²) in [6.45, 7) is 5.75. The van der Waals surface area contributed by atoms with E-state index in [-0.39, 0.29) is 4.90 Å². The Bertz CT molecular complexity index is 729. The fourth-order valence-electron chi connectivity index (χ4n) is 2.22. The number of benzene rings is 2. The number of nitrogens with two attached hydrogens (primary N) is 1. The quantitative estimate of drug-likeness (QED) is 0.854. The molecule has 0 saturated carbocycles. The highest BCUT2D eigenvalue weighted by Gasteiger charge is 2.16. The van der Waals surface area contributed by atoms with E-state index >= 15 is 0 Å². The minimum atomic E-state index is -3.62. The van der Waals surface area contributed by atoms with Gasteiger partial charge in [-0.2, -0.15) is 0 Å². The SMILES string of the molecule is Cc1cc(C)c(NS(=O)(=O)c2cccc(N)c2)c(C)c1. The van der Waals surface area contributed by atoms with Crippen LogP contribution in [0, 0.1) is 20.8 Å². The Morgan fingerprint density at radius 2 is 1.60 bits per heavy atom. The molecule has 20 heavy (non-hydrogen) atoms. The van der Waals surface area contributed by atoms with E-state index in [0.29, 0.717) is 11.4 Å². The average Bonchev–Trinajstić information content (AvgIpc) is 2.34. The summed E-state index contributed by atoms with van der Waals surface area (Å²) in [5, 5.41) is 0. The maximum absolute atomic E-state index is 12.4. The lowest BCUT2D eigenvalue weighted by Crippen LogP contribution is -2.15. The second-order valence-electron chi connectivity index (χ2n) is 4.95.